The highest BCUT2D eigenvalue weighted by Crippen LogP contribution is 2.34. The van der Waals surface area contributed by atoms with Gasteiger partial charge in [0.25, 0.3) is 0 Å². The van der Waals surface area contributed by atoms with Gasteiger partial charge in [-0.25, -0.2) is 4.79 Å². The Labute approximate surface area is 150 Å². The molecule has 0 unspecified atom stereocenters. The van der Waals surface area contributed by atoms with Crippen molar-refractivity contribution in [1.29, 1.82) is 0 Å². The van der Waals surface area contributed by atoms with Gasteiger partial charge in [-0.3, -0.25) is 4.79 Å². The van der Waals surface area contributed by atoms with Gasteiger partial charge in [0.1, 0.15) is 0 Å². The third kappa shape index (κ3) is 3.78. The second kappa shape index (κ2) is 7.32. The molecule has 1 aromatic heterocycles. The highest BCUT2D eigenvalue weighted by Gasteiger charge is 2.20. The van der Waals surface area contributed by atoms with E-state index in [4.69, 9.17) is 5.11 Å². The minimum Gasteiger partial charge on any atom is -0.465 e. The van der Waals surface area contributed by atoms with Crippen LogP contribution in [0.3, 0.4) is 0 Å². The van der Waals surface area contributed by atoms with E-state index in [-0.39, 0.29) is 12.3 Å². The summed E-state index contributed by atoms with van der Waals surface area (Å²) in [5, 5.41) is 9.09. The minimum atomic E-state index is -0.995. The second-order valence-corrected chi connectivity index (χ2v) is 6.79. The van der Waals surface area contributed by atoms with Gasteiger partial charge in [-0.2, -0.15) is 0 Å². The Morgan fingerprint density at radius 2 is 1.60 bits per heavy atom. The molecule has 4 nitrogen and oxygen atoms in total. The van der Waals surface area contributed by atoms with Gasteiger partial charge in [-0.15, -0.1) is 11.3 Å². The van der Waals surface area contributed by atoms with Crippen LogP contribution in [0.25, 0.3) is 11.1 Å². The van der Waals surface area contributed by atoms with E-state index >= 15 is 0 Å². The van der Waals surface area contributed by atoms with E-state index in [0.29, 0.717) is 10.4 Å². The van der Waals surface area contributed by atoms with Gasteiger partial charge in [-0.1, -0.05) is 60.7 Å². The Kier molecular flexibility index (Phi) is 4.95. The molecule has 25 heavy (non-hydrogen) atoms. The molecule has 0 fully saturated rings. The number of rotatable bonds is 5. The lowest BCUT2D eigenvalue weighted by Crippen LogP contribution is -2.23. The van der Waals surface area contributed by atoms with E-state index < -0.39 is 6.09 Å². The van der Waals surface area contributed by atoms with Gasteiger partial charge in [0, 0.05) is 23.1 Å². The van der Waals surface area contributed by atoms with Crippen molar-refractivity contribution in [2.75, 3.05) is 7.05 Å². The molecule has 0 aliphatic carbocycles. The quantitative estimate of drug-likeness (QED) is 0.675. The van der Waals surface area contributed by atoms with Crippen LogP contribution in [0.5, 0.6) is 0 Å². The van der Waals surface area contributed by atoms with E-state index in [0.717, 1.165) is 16.0 Å². The molecular formula is C20H17NO3S. The summed E-state index contributed by atoms with van der Waals surface area (Å²) in [6.45, 7) is 0.252. The third-order valence-electron chi connectivity index (χ3n) is 3.83. The van der Waals surface area contributed by atoms with Gasteiger partial charge in [-0.05, 0) is 11.6 Å². The molecular weight excluding hydrogens is 334 g/mol. The van der Waals surface area contributed by atoms with E-state index in [2.05, 4.69) is 0 Å². The van der Waals surface area contributed by atoms with Crippen molar-refractivity contribution in [3.05, 3.63) is 82.0 Å². The Bertz CT molecular complexity index is 888. The first-order chi connectivity index (χ1) is 12.1. The molecule has 0 saturated carbocycles. The molecule has 3 rings (SSSR count). The van der Waals surface area contributed by atoms with Crippen LogP contribution in [0.4, 0.5) is 4.79 Å². The smallest absolute Gasteiger partial charge is 0.407 e. The summed E-state index contributed by atoms with van der Waals surface area (Å²) in [5.41, 5.74) is 2.41. The fraction of sp³-hybridized carbons (Fsp3) is 0.100. The zero-order valence-corrected chi connectivity index (χ0v) is 14.5. The van der Waals surface area contributed by atoms with Crippen LogP contribution in [0.1, 0.15) is 20.1 Å². The third-order valence-corrected chi connectivity index (χ3v) is 4.95. The molecule has 1 heterocycles. The molecule has 0 atom stereocenters. The van der Waals surface area contributed by atoms with Crippen molar-refractivity contribution in [3.8, 4) is 11.1 Å². The van der Waals surface area contributed by atoms with Crippen molar-refractivity contribution in [1.82, 2.24) is 4.90 Å². The molecule has 1 amide bonds. The number of hydrogen-bond donors (Lipinski definition) is 1. The summed E-state index contributed by atoms with van der Waals surface area (Å²) in [5.74, 6) is -0.0475. The normalized spacial score (nSPS) is 10.4. The van der Waals surface area contributed by atoms with Crippen LogP contribution in [-0.2, 0) is 6.54 Å². The highest BCUT2D eigenvalue weighted by molar-refractivity contribution is 7.14. The molecule has 5 heteroatoms. The lowest BCUT2D eigenvalue weighted by Gasteiger charge is -2.10. The Morgan fingerprint density at radius 3 is 2.20 bits per heavy atom. The van der Waals surface area contributed by atoms with Crippen LogP contribution < -0.4 is 0 Å². The number of carbonyl (C=O) groups is 2. The molecule has 0 aliphatic heterocycles. The average Bonchev–Trinajstić information content (AvgIpc) is 3.06. The van der Waals surface area contributed by atoms with E-state index in [1.54, 1.807) is 12.1 Å². The van der Waals surface area contributed by atoms with Crippen LogP contribution >= 0.6 is 11.3 Å². The molecule has 126 valence electrons. The van der Waals surface area contributed by atoms with E-state index in [1.807, 2.05) is 54.6 Å². The first-order valence-corrected chi connectivity index (χ1v) is 8.60. The first-order valence-electron chi connectivity index (χ1n) is 7.78. The molecule has 0 bridgehead atoms. The maximum atomic E-state index is 13.0. The maximum absolute atomic E-state index is 13.0. The van der Waals surface area contributed by atoms with Crippen LogP contribution in [0.2, 0.25) is 0 Å². The van der Waals surface area contributed by atoms with Crippen molar-refractivity contribution in [3.63, 3.8) is 0 Å². The standard InChI is InChI=1S/C20H17NO3S/c1-21(20(23)24)13-16-12-17(14-8-4-2-5-9-14)19(25-16)18(22)15-10-6-3-7-11-15/h2-12H,13H2,1H3,(H,23,24). The summed E-state index contributed by atoms with van der Waals surface area (Å²) >= 11 is 1.35. The van der Waals surface area contributed by atoms with Gasteiger partial charge >= 0.3 is 6.09 Å². The minimum absolute atomic E-state index is 0.0475. The summed E-state index contributed by atoms with van der Waals surface area (Å²) in [6, 6.07) is 20.7. The van der Waals surface area contributed by atoms with Crippen molar-refractivity contribution >= 4 is 23.2 Å². The summed E-state index contributed by atoms with van der Waals surface area (Å²) in [4.78, 5) is 26.7. The molecule has 0 aliphatic rings. The van der Waals surface area contributed by atoms with E-state index in [1.165, 1.54) is 23.3 Å². The Hall–Kier alpha value is -2.92. The van der Waals surface area contributed by atoms with E-state index in [9.17, 15) is 9.59 Å². The number of ketones is 1. The molecule has 3 aromatic rings. The Morgan fingerprint density at radius 1 is 1.00 bits per heavy atom. The molecule has 0 radical (unpaired) electrons. The molecule has 0 spiro atoms. The molecule has 0 saturated heterocycles. The predicted octanol–water partition coefficient (Wildman–Crippen LogP) is 4.76. The molecule has 2 aromatic carbocycles. The number of benzene rings is 2. The average molecular weight is 351 g/mol. The van der Waals surface area contributed by atoms with Crippen LogP contribution in [0.15, 0.2) is 66.7 Å². The lowest BCUT2D eigenvalue weighted by atomic mass is 10.0. The fourth-order valence-electron chi connectivity index (χ4n) is 2.54. The van der Waals surface area contributed by atoms with Crippen LogP contribution in [0, 0.1) is 0 Å². The van der Waals surface area contributed by atoms with Gasteiger partial charge in [0.05, 0.1) is 11.4 Å². The lowest BCUT2D eigenvalue weighted by molar-refractivity contribution is 0.104. The first kappa shape index (κ1) is 16.9. The van der Waals surface area contributed by atoms with Crippen LogP contribution in [-0.4, -0.2) is 28.9 Å². The molecule has 1 N–H and O–H groups in total. The van der Waals surface area contributed by atoms with Gasteiger partial charge in [0.15, 0.2) is 0 Å². The number of amides is 1. The SMILES string of the molecule is CN(Cc1cc(-c2ccccc2)c(C(=O)c2ccccc2)s1)C(=O)O. The number of nitrogens with zero attached hydrogens (tertiary/aromatic N) is 1. The largest absolute Gasteiger partial charge is 0.465 e. The Balaban J connectivity index is 2.04. The van der Waals surface area contributed by atoms with Crippen molar-refractivity contribution < 1.29 is 14.7 Å². The predicted molar refractivity (Wildman–Crippen MR) is 99.1 cm³/mol. The van der Waals surface area contributed by atoms with Crippen molar-refractivity contribution in [2.45, 2.75) is 6.54 Å². The zero-order valence-electron chi connectivity index (χ0n) is 13.7. The van der Waals surface area contributed by atoms with Gasteiger partial charge < -0.3 is 10.0 Å². The monoisotopic (exact) mass is 351 g/mol. The topological polar surface area (TPSA) is 57.6 Å². The summed E-state index contributed by atoms with van der Waals surface area (Å²) < 4.78 is 0. The van der Waals surface area contributed by atoms with Gasteiger partial charge in [0.2, 0.25) is 5.78 Å². The van der Waals surface area contributed by atoms with Crippen molar-refractivity contribution in [2.24, 2.45) is 0 Å². The zero-order chi connectivity index (χ0) is 17.8. The number of thiophene rings is 1. The summed E-state index contributed by atoms with van der Waals surface area (Å²) in [6.07, 6.45) is -0.995. The number of carboxylic acid groups (broad SMARTS) is 1. The maximum Gasteiger partial charge on any atom is 0.407 e. The second-order valence-electron chi connectivity index (χ2n) is 5.66. The number of hydrogen-bond acceptors (Lipinski definition) is 3. The highest BCUT2D eigenvalue weighted by atomic mass is 32.1. The fourth-order valence-corrected chi connectivity index (χ4v) is 3.74. The summed E-state index contributed by atoms with van der Waals surface area (Å²) in [7, 11) is 1.52. The number of carbonyl (C=O) groups excluding carboxylic acids is 1.